The van der Waals surface area contributed by atoms with Crippen molar-refractivity contribution in [1.82, 2.24) is 9.97 Å². The van der Waals surface area contributed by atoms with E-state index in [1.165, 1.54) is 9.35 Å². The highest BCUT2D eigenvalue weighted by Gasteiger charge is 2.03. The summed E-state index contributed by atoms with van der Waals surface area (Å²) in [5.74, 6) is 0.947. The van der Waals surface area contributed by atoms with Gasteiger partial charge < -0.3 is 10.3 Å². The molecule has 0 radical (unpaired) electrons. The van der Waals surface area contributed by atoms with Gasteiger partial charge in [0, 0.05) is 15.0 Å². The van der Waals surface area contributed by atoms with Gasteiger partial charge in [0.1, 0.15) is 5.82 Å². The minimum Gasteiger partial charge on any atom is -0.380 e. The Hall–Kier alpha value is -1.33. The van der Waals surface area contributed by atoms with E-state index in [0.717, 1.165) is 29.1 Å². The van der Waals surface area contributed by atoms with Crippen LogP contribution in [0.25, 0.3) is 11.0 Å². The van der Waals surface area contributed by atoms with Crippen molar-refractivity contribution in [2.75, 3.05) is 5.32 Å². The van der Waals surface area contributed by atoms with E-state index in [2.05, 4.69) is 54.8 Å². The van der Waals surface area contributed by atoms with Gasteiger partial charge in [-0.2, -0.15) is 0 Å². The van der Waals surface area contributed by atoms with Gasteiger partial charge in [-0.05, 0) is 52.5 Å². The lowest BCUT2D eigenvalue weighted by molar-refractivity contribution is 1.17. The summed E-state index contributed by atoms with van der Waals surface area (Å²) in [5.41, 5.74) is 3.18. The predicted molar refractivity (Wildman–Crippen MR) is 80.2 cm³/mol. The number of anilines is 1. The standard InChI is InChI=1S/C13H12BrN3S/c1-8-16-11-3-2-9(6-12(11)17-8)15-7-13-10(14)4-5-18-13/h2-6,15H,7H2,1H3,(H,16,17). The van der Waals surface area contributed by atoms with Crippen molar-refractivity contribution in [3.05, 3.63) is 44.8 Å². The molecule has 0 aliphatic carbocycles. The highest BCUT2D eigenvalue weighted by molar-refractivity contribution is 9.10. The molecule has 2 N–H and O–H groups in total. The van der Waals surface area contributed by atoms with Crippen LogP contribution in [0.5, 0.6) is 0 Å². The number of aromatic nitrogens is 2. The first kappa shape index (κ1) is 11.7. The normalized spacial score (nSPS) is 11.0. The second-order valence-electron chi connectivity index (χ2n) is 4.10. The molecule has 2 heterocycles. The Labute approximate surface area is 117 Å². The Morgan fingerprint density at radius 3 is 3.06 bits per heavy atom. The molecule has 0 saturated carbocycles. The first-order valence-electron chi connectivity index (χ1n) is 5.64. The van der Waals surface area contributed by atoms with Crippen LogP contribution in [0.15, 0.2) is 34.1 Å². The number of thiophene rings is 1. The third-order valence-electron chi connectivity index (χ3n) is 2.74. The molecule has 0 aliphatic heterocycles. The average molecular weight is 322 g/mol. The number of imidazole rings is 1. The molecule has 3 aromatic rings. The Morgan fingerprint density at radius 2 is 2.28 bits per heavy atom. The van der Waals surface area contributed by atoms with Crippen LogP contribution in [0.2, 0.25) is 0 Å². The topological polar surface area (TPSA) is 40.7 Å². The molecule has 0 amide bonds. The molecule has 92 valence electrons. The summed E-state index contributed by atoms with van der Waals surface area (Å²) in [5, 5.41) is 5.51. The summed E-state index contributed by atoms with van der Waals surface area (Å²) in [4.78, 5) is 8.94. The predicted octanol–water partition coefficient (Wildman–Crippen LogP) is 4.31. The zero-order chi connectivity index (χ0) is 12.5. The van der Waals surface area contributed by atoms with Gasteiger partial charge in [-0.3, -0.25) is 0 Å². The highest BCUT2D eigenvalue weighted by atomic mass is 79.9. The van der Waals surface area contributed by atoms with Crippen LogP contribution >= 0.6 is 27.3 Å². The lowest BCUT2D eigenvalue weighted by atomic mass is 10.2. The molecule has 0 unspecified atom stereocenters. The van der Waals surface area contributed by atoms with E-state index in [9.17, 15) is 0 Å². The summed E-state index contributed by atoms with van der Waals surface area (Å²) in [6, 6.07) is 8.26. The zero-order valence-electron chi connectivity index (χ0n) is 9.83. The fourth-order valence-corrected chi connectivity index (χ4v) is 3.31. The third kappa shape index (κ3) is 2.28. The quantitative estimate of drug-likeness (QED) is 0.754. The Balaban J connectivity index is 1.80. The second-order valence-corrected chi connectivity index (χ2v) is 5.95. The molecule has 0 atom stereocenters. The summed E-state index contributed by atoms with van der Waals surface area (Å²) < 4.78 is 1.17. The van der Waals surface area contributed by atoms with Gasteiger partial charge in [-0.1, -0.05) is 0 Å². The fourth-order valence-electron chi connectivity index (χ4n) is 1.88. The number of aromatic amines is 1. The van der Waals surface area contributed by atoms with Gasteiger partial charge in [0.25, 0.3) is 0 Å². The van der Waals surface area contributed by atoms with Crippen LogP contribution in [0.4, 0.5) is 5.69 Å². The number of hydrogen-bond donors (Lipinski definition) is 2. The maximum absolute atomic E-state index is 4.39. The van der Waals surface area contributed by atoms with E-state index in [1.807, 2.05) is 13.0 Å². The molecule has 2 aromatic heterocycles. The number of rotatable bonds is 3. The maximum Gasteiger partial charge on any atom is 0.104 e. The maximum atomic E-state index is 4.39. The molecule has 18 heavy (non-hydrogen) atoms. The molecule has 0 saturated heterocycles. The van der Waals surface area contributed by atoms with Crippen LogP contribution < -0.4 is 5.32 Å². The fraction of sp³-hybridized carbons (Fsp3) is 0.154. The van der Waals surface area contributed by atoms with Crippen molar-refractivity contribution in [3.8, 4) is 0 Å². The van der Waals surface area contributed by atoms with Crippen LogP contribution in [0.1, 0.15) is 10.7 Å². The Morgan fingerprint density at radius 1 is 1.39 bits per heavy atom. The molecule has 0 fully saturated rings. The number of halogens is 1. The number of nitrogens with zero attached hydrogens (tertiary/aromatic N) is 1. The van der Waals surface area contributed by atoms with Gasteiger partial charge in [0.2, 0.25) is 0 Å². The Bertz CT molecular complexity index is 686. The van der Waals surface area contributed by atoms with E-state index in [-0.39, 0.29) is 0 Å². The van der Waals surface area contributed by atoms with E-state index in [1.54, 1.807) is 11.3 Å². The summed E-state index contributed by atoms with van der Waals surface area (Å²) in [7, 11) is 0. The van der Waals surface area contributed by atoms with E-state index in [0.29, 0.717) is 0 Å². The number of aryl methyl sites for hydroxylation is 1. The molecule has 3 nitrogen and oxygen atoms in total. The minimum absolute atomic E-state index is 0.830. The number of hydrogen-bond acceptors (Lipinski definition) is 3. The van der Waals surface area contributed by atoms with Crippen LogP contribution in [0.3, 0.4) is 0 Å². The molecule has 0 aliphatic rings. The molecule has 5 heteroatoms. The third-order valence-corrected chi connectivity index (χ3v) is 4.67. The highest BCUT2D eigenvalue weighted by Crippen LogP contribution is 2.24. The van der Waals surface area contributed by atoms with Gasteiger partial charge in [0.05, 0.1) is 17.6 Å². The van der Waals surface area contributed by atoms with Gasteiger partial charge in [-0.25, -0.2) is 4.98 Å². The van der Waals surface area contributed by atoms with Crippen molar-refractivity contribution in [2.24, 2.45) is 0 Å². The molecule has 3 rings (SSSR count). The summed E-state index contributed by atoms with van der Waals surface area (Å²) >= 11 is 5.28. The second kappa shape index (κ2) is 4.74. The van der Waals surface area contributed by atoms with Gasteiger partial charge in [-0.15, -0.1) is 11.3 Å². The van der Waals surface area contributed by atoms with E-state index >= 15 is 0 Å². The lowest BCUT2D eigenvalue weighted by Gasteiger charge is -2.05. The molecular formula is C13H12BrN3S. The Kier molecular flexibility index (Phi) is 3.09. The monoisotopic (exact) mass is 321 g/mol. The first-order chi connectivity index (χ1) is 8.72. The largest absolute Gasteiger partial charge is 0.380 e. The molecule has 1 aromatic carbocycles. The average Bonchev–Trinajstić information content (AvgIpc) is 2.90. The van der Waals surface area contributed by atoms with E-state index in [4.69, 9.17) is 0 Å². The first-order valence-corrected chi connectivity index (χ1v) is 7.32. The molecule has 0 spiro atoms. The SMILES string of the molecule is Cc1nc2ccc(NCc3sccc3Br)cc2[nH]1. The number of benzene rings is 1. The van der Waals surface area contributed by atoms with E-state index < -0.39 is 0 Å². The van der Waals surface area contributed by atoms with Gasteiger partial charge >= 0.3 is 0 Å². The molecule has 0 bridgehead atoms. The van der Waals surface area contributed by atoms with Gasteiger partial charge in [0.15, 0.2) is 0 Å². The van der Waals surface area contributed by atoms with Crippen molar-refractivity contribution in [3.63, 3.8) is 0 Å². The summed E-state index contributed by atoms with van der Waals surface area (Å²) in [6.07, 6.45) is 0. The van der Waals surface area contributed by atoms with Crippen molar-refractivity contribution in [1.29, 1.82) is 0 Å². The summed E-state index contributed by atoms with van der Waals surface area (Å²) in [6.45, 7) is 2.80. The van der Waals surface area contributed by atoms with Crippen molar-refractivity contribution < 1.29 is 0 Å². The number of H-pyrrole nitrogens is 1. The van der Waals surface area contributed by atoms with Crippen molar-refractivity contribution >= 4 is 44.0 Å². The van der Waals surface area contributed by atoms with Crippen LogP contribution in [-0.2, 0) is 6.54 Å². The number of nitrogens with one attached hydrogen (secondary N) is 2. The van der Waals surface area contributed by atoms with Crippen LogP contribution in [-0.4, -0.2) is 9.97 Å². The van der Waals surface area contributed by atoms with Crippen LogP contribution in [0, 0.1) is 6.92 Å². The number of fused-ring (bicyclic) bond motifs is 1. The van der Waals surface area contributed by atoms with Crippen molar-refractivity contribution in [2.45, 2.75) is 13.5 Å². The smallest absolute Gasteiger partial charge is 0.104 e. The lowest BCUT2D eigenvalue weighted by Crippen LogP contribution is -1.97. The zero-order valence-corrected chi connectivity index (χ0v) is 12.2. The molecular weight excluding hydrogens is 310 g/mol. The minimum atomic E-state index is 0.830.